The van der Waals surface area contributed by atoms with Crippen molar-refractivity contribution >= 4 is 5.95 Å². The fourth-order valence-electron chi connectivity index (χ4n) is 4.03. The van der Waals surface area contributed by atoms with Crippen LogP contribution in [0.5, 0.6) is 0 Å². The van der Waals surface area contributed by atoms with E-state index in [1.165, 1.54) is 63.4 Å². The normalized spacial score (nSPS) is 24.0. The van der Waals surface area contributed by atoms with E-state index in [0.29, 0.717) is 12.1 Å². The van der Waals surface area contributed by atoms with Gasteiger partial charge in [0, 0.05) is 37.6 Å². The Morgan fingerprint density at radius 1 is 1.00 bits per heavy atom. The van der Waals surface area contributed by atoms with E-state index in [-0.39, 0.29) is 0 Å². The number of anilines is 1. The van der Waals surface area contributed by atoms with Gasteiger partial charge in [-0.15, -0.1) is 0 Å². The summed E-state index contributed by atoms with van der Waals surface area (Å²) >= 11 is 0. The Hall–Kier alpha value is -1.16. The van der Waals surface area contributed by atoms with Crippen LogP contribution in [0.1, 0.15) is 70.3 Å². The summed E-state index contributed by atoms with van der Waals surface area (Å²) in [6.45, 7) is 4.43. The SMILES string of the molecule is CCCCCCCCc1cnc(N2C3CCCC2CNC3)nc1. The number of aromatic nitrogens is 2. The molecule has 0 amide bonds. The predicted octanol–water partition coefficient (Wildman–Crippen LogP) is 3.71. The largest absolute Gasteiger partial charge is 0.332 e. The van der Waals surface area contributed by atoms with E-state index in [0.717, 1.165) is 25.5 Å². The maximum Gasteiger partial charge on any atom is 0.225 e. The van der Waals surface area contributed by atoms with E-state index < -0.39 is 0 Å². The van der Waals surface area contributed by atoms with Crippen LogP contribution >= 0.6 is 0 Å². The minimum absolute atomic E-state index is 0.590. The van der Waals surface area contributed by atoms with Crippen molar-refractivity contribution in [2.24, 2.45) is 0 Å². The second-order valence-electron chi connectivity index (χ2n) is 7.21. The van der Waals surface area contributed by atoms with Crippen molar-refractivity contribution in [2.45, 2.75) is 83.2 Å². The summed E-state index contributed by atoms with van der Waals surface area (Å²) in [5.74, 6) is 0.952. The number of piperazine rings is 1. The maximum atomic E-state index is 4.70. The van der Waals surface area contributed by atoms with Crippen LogP contribution < -0.4 is 10.2 Å². The number of hydrogen-bond acceptors (Lipinski definition) is 4. The average Bonchev–Trinajstić information content (AvgIpc) is 2.58. The first-order valence-electron chi connectivity index (χ1n) is 9.68. The van der Waals surface area contributed by atoms with Crippen molar-refractivity contribution < 1.29 is 0 Å². The summed E-state index contributed by atoms with van der Waals surface area (Å²) in [6.07, 6.45) is 17.2. The van der Waals surface area contributed by atoms with Gasteiger partial charge in [0.1, 0.15) is 0 Å². The van der Waals surface area contributed by atoms with Crippen LogP contribution in [0.25, 0.3) is 0 Å². The van der Waals surface area contributed by atoms with Crippen LogP contribution in [0.3, 0.4) is 0 Å². The Morgan fingerprint density at radius 3 is 2.35 bits per heavy atom. The van der Waals surface area contributed by atoms with Gasteiger partial charge in [-0.25, -0.2) is 9.97 Å². The number of piperidine rings is 1. The molecule has 0 spiro atoms. The zero-order valence-corrected chi connectivity index (χ0v) is 14.6. The quantitative estimate of drug-likeness (QED) is 0.742. The molecule has 3 heterocycles. The molecule has 4 heteroatoms. The Balaban J connectivity index is 1.49. The summed E-state index contributed by atoms with van der Waals surface area (Å²) in [7, 11) is 0. The molecule has 3 rings (SSSR count). The first-order chi connectivity index (χ1) is 11.4. The number of hydrogen-bond donors (Lipinski definition) is 1. The highest BCUT2D eigenvalue weighted by Gasteiger charge is 2.35. The molecule has 2 saturated heterocycles. The van der Waals surface area contributed by atoms with E-state index in [1.807, 2.05) is 0 Å². The van der Waals surface area contributed by atoms with Crippen molar-refractivity contribution in [1.82, 2.24) is 15.3 Å². The van der Waals surface area contributed by atoms with Gasteiger partial charge in [0.05, 0.1) is 0 Å². The van der Waals surface area contributed by atoms with Crippen LogP contribution in [0, 0.1) is 0 Å². The van der Waals surface area contributed by atoms with Crippen LogP contribution in [-0.4, -0.2) is 35.1 Å². The number of fused-ring (bicyclic) bond motifs is 2. The Bertz CT molecular complexity index is 437. The molecule has 2 unspecified atom stereocenters. The van der Waals surface area contributed by atoms with E-state index in [2.05, 4.69) is 29.5 Å². The minimum Gasteiger partial charge on any atom is -0.332 e. The molecule has 1 N–H and O–H groups in total. The average molecular weight is 316 g/mol. The van der Waals surface area contributed by atoms with Gasteiger partial charge in [-0.05, 0) is 37.7 Å². The maximum absolute atomic E-state index is 4.70. The lowest BCUT2D eigenvalue weighted by Crippen LogP contribution is -2.60. The number of aryl methyl sites for hydroxylation is 1. The van der Waals surface area contributed by atoms with Crippen LogP contribution in [-0.2, 0) is 6.42 Å². The molecular formula is C19H32N4. The van der Waals surface area contributed by atoms with E-state index in [1.54, 1.807) is 0 Å². The highest BCUT2D eigenvalue weighted by atomic mass is 15.3. The first-order valence-corrected chi connectivity index (χ1v) is 9.68. The van der Waals surface area contributed by atoms with Crippen molar-refractivity contribution in [1.29, 1.82) is 0 Å². The van der Waals surface area contributed by atoms with E-state index in [9.17, 15) is 0 Å². The van der Waals surface area contributed by atoms with Gasteiger partial charge in [0.2, 0.25) is 5.95 Å². The highest BCUT2D eigenvalue weighted by molar-refractivity contribution is 5.36. The second-order valence-corrected chi connectivity index (χ2v) is 7.21. The van der Waals surface area contributed by atoms with Gasteiger partial charge in [-0.2, -0.15) is 0 Å². The lowest BCUT2D eigenvalue weighted by atomic mass is 9.93. The molecule has 0 aliphatic carbocycles. The Kier molecular flexibility index (Phi) is 6.26. The lowest BCUT2D eigenvalue weighted by Gasteiger charge is -2.46. The number of rotatable bonds is 8. The Morgan fingerprint density at radius 2 is 1.65 bits per heavy atom. The molecule has 2 aliphatic heterocycles. The summed E-state index contributed by atoms with van der Waals surface area (Å²) < 4.78 is 0. The first kappa shape index (κ1) is 16.7. The van der Waals surface area contributed by atoms with Gasteiger partial charge in [-0.1, -0.05) is 39.0 Å². The van der Waals surface area contributed by atoms with Gasteiger partial charge in [-0.3, -0.25) is 0 Å². The fraction of sp³-hybridized carbons (Fsp3) is 0.789. The van der Waals surface area contributed by atoms with Crippen LogP contribution in [0.2, 0.25) is 0 Å². The van der Waals surface area contributed by atoms with Gasteiger partial charge in [0.25, 0.3) is 0 Å². The van der Waals surface area contributed by atoms with E-state index >= 15 is 0 Å². The molecule has 4 nitrogen and oxygen atoms in total. The van der Waals surface area contributed by atoms with Crippen LogP contribution in [0.4, 0.5) is 5.95 Å². The standard InChI is InChI=1S/C19H32N4/c1-2-3-4-5-6-7-9-16-12-21-19(22-13-16)23-17-10-8-11-18(23)15-20-14-17/h12-13,17-18,20H,2-11,14-15H2,1H3. The topological polar surface area (TPSA) is 41.1 Å². The number of nitrogens with zero attached hydrogens (tertiary/aromatic N) is 3. The lowest BCUT2D eigenvalue weighted by molar-refractivity contribution is 0.308. The summed E-state index contributed by atoms with van der Waals surface area (Å²) in [5.41, 5.74) is 1.30. The van der Waals surface area contributed by atoms with Gasteiger partial charge in [0.15, 0.2) is 0 Å². The predicted molar refractivity (Wildman–Crippen MR) is 95.9 cm³/mol. The summed E-state index contributed by atoms with van der Waals surface area (Å²) in [6, 6.07) is 1.18. The fourth-order valence-corrected chi connectivity index (χ4v) is 4.03. The molecule has 2 bridgehead atoms. The zero-order chi connectivity index (χ0) is 15.9. The molecule has 2 atom stereocenters. The molecule has 23 heavy (non-hydrogen) atoms. The molecule has 128 valence electrons. The number of nitrogens with one attached hydrogen (secondary N) is 1. The smallest absolute Gasteiger partial charge is 0.225 e. The molecule has 1 aromatic rings. The third kappa shape index (κ3) is 4.43. The molecule has 0 aromatic carbocycles. The van der Waals surface area contributed by atoms with Gasteiger partial charge >= 0.3 is 0 Å². The monoisotopic (exact) mass is 316 g/mol. The van der Waals surface area contributed by atoms with Crippen molar-refractivity contribution in [2.75, 3.05) is 18.0 Å². The van der Waals surface area contributed by atoms with Gasteiger partial charge < -0.3 is 10.2 Å². The third-order valence-electron chi connectivity index (χ3n) is 5.36. The van der Waals surface area contributed by atoms with Crippen molar-refractivity contribution in [3.63, 3.8) is 0 Å². The van der Waals surface area contributed by atoms with E-state index in [4.69, 9.17) is 9.97 Å². The summed E-state index contributed by atoms with van der Waals surface area (Å²) in [4.78, 5) is 11.9. The summed E-state index contributed by atoms with van der Waals surface area (Å²) in [5, 5.41) is 3.55. The second kappa shape index (κ2) is 8.62. The van der Waals surface area contributed by atoms with Crippen LogP contribution in [0.15, 0.2) is 12.4 Å². The van der Waals surface area contributed by atoms with Crippen molar-refractivity contribution in [3.05, 3.63) is 18.0 Å². The molecular weight excluding hydrogens is 284 g/mol. The molecule has 1 aromatic heterocycles. The highest BCUT2D eigenvalue weighted by Crippen LogP contribution is 2.28. The Labute approximate surface area is 141 Å². The minimum atomic E-state index is 0.590. The third-order valence-corrected chi connectivity index (χ3v) is 5.36. The molecule has 0 radical (unpaired) electrons. The molecule has 2 fully saturated rings. The number of unbranched alkanes of at least 4 members (excludes halogenated alkanes) is 5. The van der Waals surface area contributed by atoms with Crippen molar-refractivity contribution in [3.8, 4) is 0 Å². The zero-order valence-electron chi connectivity index (χ0n) is 14.6. The molecule has 2 aliphatic rings. The molecule has 0 saturated carbocycles.